The third-order valence-electron chi connectivity index (χ3n) is 5.53. The van der Waals surface area contributed by atoms with Crippen molar-refractivity contribution in [3.8, 4) is 11.5 Å². The number of benzene rings is 1. The van der Waals surface area contributed by atoms with Gasteiger partial charge >= 0.3 is 5.97 Å². The molecule has 0 bridgehead atoms. The maximum atomic E-state index is 13.0. The van der Waals surface area contributed by atoms with Gasteiger partial charge in [0.2, 0.25) is 6.10 Å². The molecule has 1 N–H and O–H groups in total. The molecule has 0 aliphatic carbocycles. The number of carboxylic acids is 1. The van der Waals surface area contributed by atoms with E-state index < -0.39 is 23.6 Å². The quantitative estimate of drug-likeness (QED) is 0.864. The zero-order valence-corrected chi connectivity index (χ0v) is 14.0. The van der Waals surface area contributed by atoms with Crippen molar-refractivity contribution in [1.29, 1.82) is 0 Å². The fraction of sp³-hybridized carbons (Fsp3) is 0.556. The van der Waals surface area contributed by atoms with E-state index in [-0.39, 0.29) is 18.4 Å². The Labute approximate surface area is 145 Å². The van der Waals surface area contributed by atoms with Gasteiger partial charge in [0, 0.05) is 25.6 Å². The summed E-state index contributed by atoms with van der Waals surface area (Å²) >= 11 is 0. The van der Waals surface area contributed by atoms with E-state index in [1.807, 2.05) is 12.1 Å². The van der Waals surface area contributed by atoms with Crippen LogP contribution >= 0.6 is 0 Å². The number of fused-ring (bicyclic) bond motifs is 2. The van der Waals surface area contributed by atoms with Crippen LogP contribution in [0.15, 0.2) is 24.3 Å². The normalized spacial score (nSPS) is 33.6. The zero-order chi connectivity index (χ0) is 17.6. The minimum absolute atomic E-state index is 0.185. The molecular weight excluding hydrogens is 326 g/mol. The predicted octanol–water partition coefficient (Wildman–Crippen LogP) is 1.16. The first kappa shape index (κ1) is 16.2. The monoisotopic (exact) mass is 347 g/mol. The molecule has 2 fully saturated rings. The molecule has 25 heavy (non-hydrogen) atoms. The van der Waals surface area contributed by atoms with Crippen LogP contribution in [-0.2, 0) is 14.3 Å². The van der Waals surface area contributed by atoms with E-state index >= 15 is 0 Å². The molecule has 4 atom stereocenters. The third kappa shape index (κ3) is 2.54. The number of ether oxygens (including phenoxy) is 3. The highest BCUT2D eigenvalue weighted by Crippen LogP contribution is 2.43. The van der Waals surface area contributed by atoms with Crippen molar-refractivity contribution < 1.29 is 28.9 Å². The Hall–Kier alpha value is -2.28. The number of rotatable bonds is 2. The van der Waals surface area contributed by atoms with Crippen LogP contribution in [0.25, 0.3) is 0 Å². The number of carbonyl (C=O) groups is 2. The molecule has 3 heterocycles. The first-order valence-corrected chi connectivity index (χ1v) is 8.53. The maximum absolute atomic E-state index is 13.0. The first-order chi connectivity index (χ1) is 12.0. The predicted molar refractivity (Wildman–Crippen MR) is 86.5 cm³/mol. The second kappa shape index (κ2) is 5.91. The van der Waals surface area contributed by atoms with Crippen molar-refractivity contribution in [3.05, 3.63) is 24.3 Å². The lowest BCUT2D eigenvalue weighted by Crippen LogP contribution is -2.51. The highest BCUT2D eigenvalue weighted by molar-refractivity contribution is 5.85. The third-order valence-corrected chi connectivity index (χ3v) is 5.53. The summed E-state index contributed by atoms with van der Waals surface area (Å²) in [6, 6.07) is 7.23. The number of amides is 1. The van der Waals surface area contributed by atoms with E-state index in [4.69, 9.17) is 14.2 Å². The number of carbonyl (C=O) groups excluding carboxylic acids is 1. The zero-order valence-electron chi connectivity index (χ0n) is 14.0. The summed E-state index contributed by atoms with van der Waals surface area (Å²) in [5, 5.41) is 9.74. The fourth-order valence-electron chi connectivity index (χ4n) is 4.04. The van der Waals surface area contributed by atoms with Crippen molar-refractivity contribution in [2.75, 3.05) is 26.3 Å². The van der Waals surface area contributed by atoms with E-state index in [1.54, 1.807) is 24.0 Å². The summed E-state index contributed by atoms with van der Waals surface area (Å²) < 4.78 is 17.1. The number of hydrogen-bond donors (Lipinski definition) is 1. The highest BCUT2D eigenvalue weighted by Gasteiger charge is 2.56. The summed E-state index contributed by atoms with van der Waals surface area (Å²) in [6.45, 7) is 3.15. The summed E-state index contributed by atoms with van der Waals surface area (Å²) in [5.74, 6) is -0.112. The summed E-state index contributed by atoms with van der Waals surface area (Å²) in [6.07, 6.45) is -0.791. The smallest absolute Gasteiger partial charge is 0.311 e. The molecule has 1 aromatic rings. The number of para-hydroxylation sites is 2. The number of aliphatic carboxylic acids is 1. The molecule has 7 heteroatoms. The number of nitrogens with zero attached hydrogens (tertiary/aromatic N) is 1. The largest absolute Gasteiger partial charge is 0.482 e. The van der Waals surface area contributed by atoms with Gasteiger partial charge in [-0.25, -0.2) is 0 Å². The molecule has 1 amide bonds. The number of likely N-dealkylation sites (tertiary alicyclic amines) is 1. The summed E-state index contributed by atoms with van der Waals surface area (Å²) in [7, 11) is 0. The highest BCUT2D eigenvalue weighted by atomic mass is 16.6. The second-order valence-electron chi connectivity index (χ2n) is 7.01. The van der Waals surface area contributed by atoms with Gasteiger partial charge in [-0.05, 0) is 25.5 Å². The van der Waals surface area contributed by atoms with Crippen molar-refractivity contribution in [2.24, 2.45) is 11.3 Å². The van der Waals surface area contributed by atoms with E-state index in [9.17, 15) is 14.7 Å². The number of hydrogen-bond acceptors (Lipinski definition) is 5. The SMILES string of the molecule is CC1Oc2ccccc2OC1C(=O)N1C[C@H]2COCC[C@@]2(C(=O)O)C1. The van der Waals surface area contributed by atoms with E-state index in [0.717, 1.165) is 0 Å². The molecule has 0 aromatic heterocycles. The lowest BCUT2D eigenvalue weighted by molar-refractivity contribution is -0.157. The van der Waals surface area contributed by atoms with Crippen molar-refractivity contribution in [1.82, 2.24) is 4.90 Å². The van der Waals surface area contributed by atoms with E-state index in [2.05, 4.69) is 0 Å². The molecule has 2 saturated heterocycles. The van der Waals surface area contributed by atoms with Crippen LogP contribution in [0.3, 0.4) is 0 Å². The van der Waals surface area contributed by atoms with Gasteiger partial charge in [-0.15, -0.1) is 0 Å². The molecule has 2 unspecified atom stereocenters. The molecular formula is C18H21NO6. The van der Waals surface area contributed by atoms with Crippen LogP contribution in [0.5, 0.6) is 11.5 Å². The van der Waals surface area contributed by atoms with E-state index in [1.165, 1.54) is 0 Å². The van der Waals surface area contributed by atoms with Gasteiger partial charge in [-0.2, -0.15) is 0 Å². The molecule has 3 aliphatic heterocycles. The molecule has 0 spiro atoms. The summed E-state index contributed by atoms with van der Waals surface area (Å²) in [4.78, 5) is 26.5. The molecule has 134 valence electrons. The van der Waals surface area contributed by atoms with Crippen LogP contribution in [0.1, 0.15) is 13.3 Å². The maximum Gasteiger partial charge on any atom is 0.311 e. The van der Waals surface area contributed by atoms with Crippen LogP contribution in [0.2, 0.25) is 0 Å². The summed E-state index contributed by atoms with van der Waals surface area (Å²) in [5.41, 5.74) is -0.912. The molecule has 4 rings (SSSR count). The molecule has 3 aliphatic rings. The van der Waals surface area contributed by atoms with Crippen LogP contribution in [0, 0.1) is 11.3 Å². The average molecular weight is 347 g/mol. The van der Waals surface area contributed by atoms with Gasteiger partial charge in [-0.3, -0.25) is 9.59 Å². The molecule has 0 saturated carbocycles. The van der Waals surface area contributed by atoms with Gasteiger partial charge in [-0.1, -0.05) is 12.1 Å². The minimum Gasteiger partial charge on any atom is -0.482 e. The van der Waals surface area contributed by atoms with Crippen molar-refractivity contribution in [3.63, 3.8) is 0 Å². The minimum atomic E-state index is -0.912. The first-order valence-electron chi connectivity index (χ1n) is 8.53. The van der Waals surface area contributed by atoms with Gasteiger partial charge < -0.3 is 24.2 Å². The standard InChI is InChI=1S/C18H21NO6/c1-11-15(25-14-5-3-2-4-13(14)24-11)16(20)19-8-12-9-23-7-6-18(12,10-19)17(21)22/h2-5,11-12,15H,6-10H2,1H3,(H,21,22)/t11?,12-,15?,18+/m0/s1. The van der Waals surface area contributed by atoms with Gasteiger partial charge in [0.25, 0.3) is 5.91 Å². The Kier molecular flexibility index (Phi) is 3.83. The Morgan fingerprint density at radius 1 is 1.24 bits per heavy atom. The van der Waals surface area contributed by atoms with Crippen LogP contribution in [-0.4, -0.2) is 60.4 Å². The second-order valence-corrected chi connectivity index (χ2v) is 7.01. The van der Waals surface area contributed by atoms with E-state index in [0.29, 0.717) is 37.7 Å². The Morgan fingerprint density at radius 3 is 2.64 bits per heavy atom. The van der Waals surface area contributed by atoms with Crippen molar-refractivity contribution >= 4 is 11.9 Å². The lowest BCUT2D eigenvalue weighted by Gasteiger charge is -2.34. The van der Waals surface area contributed by atoms with Crippen LogP contribution < -0.4 is 9.47 Å². The van der Waals surface area contributed by atoms with Crippen molar-refractivity contribution in [2.45, 2.75) is 25.6 Å². The average Bonchev–Trinajstić information content (AvgIpc) is 3.01. The Bertz CT molecular complexity index is 707. The van der Waals surface area contributed by atoms with Crippen LogP contribution in [0.4, 0.5) is 0 Å². The topological polar surface area (TPSA) is 85.3 Å². The molecule has 7 nitrogen and oxygen atoms in total. The molecule has 0 radical (unpaired) electrons. The molecule has 1 aromatic carbocycles. The van der Waals surface area contributed by atoms with Gasteiger partial charge in [0.1, 0.15) is 6.10 Å². The van der Waals surface area contributed by atoms with Gasteiger partial charge in [0.15, 0.2) is 11.5 Å². The Balaban J connectivity index is 1.55. The Morgan fingerprint density at radius 2 is 1.96 bits per heavy atom. The number of carboxylic acid groups (broad SMARTS) is 1. The lowest BCUT2D eigenvalue weighted by atomic mass is 9.74. The van der Waals surface area contributed by atoms with Gasteiger partial charge in [0.05, 0.1) is 12.0 Å². The fourth-order valence-corrected chi connectivity index (χ4v) is 4.04.